The van der Waals surface area contributed by atoms with Crippen molar-refractivity contribution in [2.45, 2.75) is 32.2 Å². The number of Topliss-reactive ketones (excluding diaryl/α,β-unsaturated/α-hetero) is 1. The second-order valence-electron chi connectivity index (χ2n) is 3.73. The summed E-state index contributed by atoms with van der Waals surface area (Å²) in [6.45, 7) is 2.30. The first-order chi connectivity index (χ1) is 7.61. The second-order valence-corrected chi connectivity index (χ2v) is 4.60. The smallest absolute Gasteiger partial charge is 0.229 e. The highest BCUT2D eigenvalue weighted by Crippen LogP contribution is 2.01. The van der Waals surface area contributed by atoms with Crippen LogP contribution in [-0.4, -0.2) is 43.3 Å². The summed E-state index contributed by atoms with van der Waals surface area (Å²) in [5.74, 6) is 0.783. The Hall–Kier alpha value is -0.550. The van der Waals surface area contributed by atoms with Gasteiger partial charge in [0, 0.05) is 6.54 Å². The third kappa shape index (κ3) is 7.70. The fourth-order valence-corrected chi connectivity index (χ4v) is 1.80. The Kier molecular flexibility index (Phi) is 9.33. The fourth-order valence-electron chi connectivity index (χ4n) is 1.43. The molecule has 0 saturated heterocycles. The van der Waals surface area contributed by atoms with Gasteiger partial charge < -0.3 is 10.6 Å². The Bertz CT molecular complexity index is 222. The molecular formula is C11H22N2O2S. The molecule has 0 aromatic rings. The Labute approximate surface area is 102 Å². The van der Waals surface area contributed by atoms with Gasteiger partial charge in [-0.25, -0.2) is 0 Å². The highest BCUT2D eigenvalue weighted by molar-refractivity contribution is 7.99. The maximum absolute atomic E-state index is 11.1. The van der Waals surface area contributed by atoms with Crippen molar-refractivity contribution in [1.82, 2.24) is 10.6 Å². The van der Waals surface area contributed by atoms with Gasteiger partial charge in [-0.2, -0.15) is 11.8 Å². The Morgan fingerprint density at radius 1 is 1.31 bits per heavy atom. The molecule has 0 aliphatic rings. The summed E-state index contributed by atoms with van der Waals surface area (Å²) in [6.07, 6.45) is 4.62. The number of amides is 1. The normalized spacial score (nSPS) is 12.2. The van der Waals surface area contributed by atoms with Gasteiger partial charge in [0.25, 0.3) is 0 Å². The van der Waals surface area contributed by atoms with Crippen LogP contribution < -0.4 is 10.6 Å². The van der Waals surface area contributed by atoms with Crippen molar-refractivity contribution < 1.29 is 9.59 Å². The van der Waals surface area contributed by atoms with Crippen LogP contribution in [0.15, 0.2) is 0 Å². The third-order valence-electron chi connectivity index (χ3n) is 2.36. The maximum Gasteiger partial charge on any atom is 0.229 e. The van der Waals surface area contributed by atoms with E-state index in [1.807, 2.05) is 6.26 Å². The molecule has 1 unspecified atom stereocenters. The zero-order valence-electron chi connectivity index (χ0n) is 10.3. The molecule has 0 bridgehead atoms. The Balaban J connectivity index is 3.45. The molecule has 5 heteroatoms. The highest BCUT2D eigenvalue weighted by Gasteiger charge is 2.10. The lowest BCUT2D eigenvalue weighted by Crippen LogP contribution is -2.32. The number of hydrogen-bond acceptors (Lipinski definition) is 4. The molecule has 0 aliphatic heterocycles. The van der Waals surface area contributed by atoms with Crippen molar-refractivity contribution in [3.63, 3.8) is 0 Å². The van der Waals surface area contributed by atoms with Crippen LogP contribution in [-0.2, 0) is 9.59 Å². The van der Waals surface area contributed by atoms with Crippen molar-refractivity contribution in [3.05, 3.63) is 0 Å². The molecule has 0 aliphatic carbocycles. The number of ketones is 1. The lowest BCUT2D eigenvalue weighted by molar-refractivity contribution is -0.119. The summed E-state index contributed by atoms with van der Waals surface area (Å²) in [5, 5.41) is 5.82. The van der Waals surface area contributed by atoms with E-state index in [1.54, 1.807) is 14.0 Å². The highest BCUT2D eigenvalue weighted by atomic mass is 32.2. The van der Waals surface area contributed by atoms with Gasteiger partial charge in [0.1, 0.15) is 5.78 Å². The van der Waals surface area contributed by atoms with Gasteiger partial charge in [-0.15, -0.1) is 0 Å². The Morgan fingerprint density at radius 3 is 2.50 bits per heavy atom. The number of rotatable bonds is 9. The number of thioether (sulfide) groups is 1. The van der Waals surface area contributed by atoms with Gasteiger partial charge in [0.2, 0.25) is 5.91 Å². The molecule has 1 amide bonds. The van der Waals surface area contributed by atoms with Crippen molar-refractivity contribution in [2.75, 3.05) is 25.6 Å². The molecule has 0 saturated carbocycles. The number of likely N-dealkylation sites (N-methyl/N-ethyl adjacent to an activating group) is 1. The van der Waals surface area contributed by atoms with E-state index in [0.717, 1.165) is 19.3 Å². The fraction of sp³-hybridized carbons (Fsp3) is 0.818. The van der Waals surface area contributed by atoms with E-state index in [1.165, 1.54) is 11.8 Å². The average molecular weight is 246 g/mol. The van der Waals surface area contributed by atoms with Crippen LogP contribution in [0.1, 0.15) is 26.2 Å². The third-order valence-corrected chi connectivity index (χ3v) is 2.91. The number of hydrogen-bond donors (Lipinski definition) is 2. The maximum atomic E-state index is 11.1. The zero-order chi connectivity index (χ0) is 12.4. The van der Waals surface area contributed by atoms with E-state index in [9.17, 15) is 9.59 Å². The molecule has 0 spiro atoms. The van der Waals surface area contributed by atoms with Crippen molar-refractivity contribution >= 4 is 23.5 Å². The second kappa shape index (κ2) is 9.66. The molecule has 0 heterocycles. The monoisotopic (exact) mass is 246 g/mol. The molecule has 94 valence electrons. The summed E-state index contributed by atoms with van der Waals surface area (Å²) < 4.78 is 0. The average Bonchev–Trinajstić information content (AvgIpc) is 2.23. The largest absolute Gasteiger partial charge is 0.355 e. The minimum absolute atomic E-state index is 0.0399. The van der Waals surface area contributed by atoms with Crippen molar-refractivity contribution in [3.8, 4) is 0 Å². The number of carbonyl (C=O) groups is 2. The molecule has 4 nitrogen and oxygen atoms in total. The lowest BCUT2D eigenvalue weighted by atomic mass is 10.1. The predicted octanol–water partition coefficient (Wildman–Crippen LogP) is 0.813. The van der Waals surface area contributed by atoms with Crippen LogP contribution in [0.3, 0.4) is 0 Å². The standard InChI is InChI=1S/C11H22N2O2S/c1-9(14)10(12-2)6-4-5-7-13-11(15)8-16-3/h10,12H,4-8H2,1-3H3,(H,13,15). The van der Waals surface area contributed by atoms with Crippen LogP contribution in [0.25, 0.3) is 0 Å². The molecule has 1 atom stereocenters. The minimum Gasteiger partial charge on any atom is -0.355 e. The summed E-state index contributed by atoms with van der Waals surface area (Å²) in [5.41, 5.74) is 0. The van der Waals surface area contributed by atoms with Gasteiger partial charge in [0.05, 0.1) is 11.8 Å². The zero-order valence-corrected chi connectivity index (χ0v) is 11.2. The van der Waals surface area contributed by atoms with Gasteiger partial charge in [-0.05, 0) is 39.5 Å². The lowest BCUT2D eigenvalue weighted by Gasteiger charge is -2.12. The van der Waals surface area contributed by atoms with Gasteiger partial charge in [-0.3, -0.25) is 9.59 Å². The molecule has 0 radical (unpaired) electrons. The van der Waals surface area contributed by atoms with E-state index in [-0.39, 0.29) is 17.7 Å². The minimum atomic E-state index is -0.0399. The summed E-state index contributed by atoms with van der Waals surface area (Å²) >= 11 is 1.52. The Morgan fingerprint density at radius 2 is 2.00 bits per heavy atom. The van der Waals surface area contributed by atoms with Crippen LogP contribution in [0.4, 0.5) is 0 Å². The first kappa shape index (κ1) is 15.4. The molecular weight excluding hydrogens is 224 g/mol. The molecule has 0 fully saturated rings. The van der Waals surface area contributed by atoms with Crippen molar-refractivity contribution in [2.24, 2.45) is 0 Å². The molecule has 2 N–H and O–H groups in total. The quantitative estimate of drug-likeness (QED) is 0.591. The van der Waals surface area contributed by atoms with E-state index < -0.39 is 0 Å². The summed E-state index contributed by atoms with van der Waals surface area (Å²) in [4.78, 5) is 22.2. The van der Waals surface area contributed by atoms with Crippen LogP contribution >= 0.6 is 11.8 Å². The van der Waals surface area contributed by atoms with Gasteiger partial charge >= 0.3 is 0 Å². The van der Waals surface area contributed by atoms with E-state index in [4.69, 9.17) is 0 Å². The molecule has 0 aromatic heterocycles. The van der Waals surface area contributed by atoms with Gasteiger partial charge in [0.15, 0.2) is 0 Å². The topological polar surface area (TPSA) is 58.2 Å². The number of nitrogens with one attached hydrogen (secondary N) is 2. The summed E-state index contributed by atoms with van der Waals surface area (Å²) in [6, 6.07) is -0.0399. The first-order valence-electron chi connectivity index (χ1n) is 5.55. The predicted molar refractivity (Wildman–Crippen MR) is 68.8 cm³/mol. The SMILES string of the molecule is CNC(CCCCNC(=O)CSC)C(C)=O. The number of unbranched alkanes of at least 4 members (excludes halogenated alkanes) is 1. The molecule has 16 heavy (non-hydrogen) atoms. The first-order valence-corrected chi connectivity index (χ1v) is 6.94. The van der Waals surface area contributed by atoms with E-state index in [2.05, 4.69) is 10.6 Å². The number of carbonyl (C=O) groups excluding carboxylic acids is 2. The van der Waals surface area contributed by atoms with Gasteiger partial charge in [-0.1, -0.05) is 0 Å². The van der Waals surface area contributed by atoms with Crippen LogP contribution in [0.2, 0.25) is 0 Å². The van der Waals surface area contributed by atoms with E-state index in [0.29, 0.717) is 12.3 Å². The van der Waals surface area contributed by atoms with Crippen molar-refractivity contribution in [1.29, 1.82) is 0 Å². The molecule has 0 rings (SSSR count). The van der Waals surface area contributed by atoms with E-state index >= 15 is 0 Å². The van der Waals surface area contributed by atoms with Crippen LogP contribution in [0.5, 0.6) is 0 Å². The molecule has 0 aromatic carbocycles. The summed E-state index contributed by atoms with van der Waals surface area (Å²) in [7, 11) is 1.80. The van der Waals surface area contributed by atoms with Crippen LogP contribution in [0, 0.1) is 0 Å².